The third-order valence-corrected chi connectivity index (χ3v) is 6.73. The number of nitrogens with one attached hydrogen (secondary N) is 1. The standard InChI is InChI=1S/C19H22F3N3O4/c1-29-15-13-10(17(27)23-18(28)25(13)9-2-3-9)4-12(20)14(15)24-6-8-5-19(21,22)16(26)11(8)7-24/h4,8-9,11-12,14,16,26H,2-3,5-7H2,1H3,(H,23,27,28). The van der Waals surface area contributed by atoms with Gasteiger partial charge in [-0.25, -0.2) is 18.0 Å². The van der Waals surface area contributed by atoms with E-state index in [-0.39, 0.29) is 35.5 Å². The second kappa shape index (κ2) is 6.21. The van der Waals surface area contributed by atoms with Crippen LogP contribution < -0.4 is 21.8 Å². The van der Waals surface area contributed by atoms with Gasteiger partial charge >= 0.3 is 5.69 Å². The number of aromatic amines is 1. The molecule has 158 valence electrons. The van der Waals surface area contributed by atoms with Gasteiger partial charge in [-0.05, 0) is 24.8 Å². The number of hydrogen-bond acceptors (Lipinski definition) is 5. The van der Waals surface area contributed by atoms with Crippen molar-refractivity contribution in [2.24, 2.45) is 11.8 Å². The van der Waals surface area contributed by atoms with Crippen LogP contribution in [0.5, 0.6) is 0 Å². The molecule has 2 N–H and O–H groups in total. The average Bonchev–Trinajstić information content (AvgIpc) is 3.36. The number of rotatable bonds is 3. The van der Waals surface area contributed by atoms with Crippen LogP contribution in [-0.2, 0) is 4.74 Å². The predicted octanol–water partition coefficient (Wildman–Crippen LogP) is -0.925. The topological polar surface area (TPSA) is 87.6 Å². The molecule has 2 saturated carbocycles. The molecule has 0 bridgehead atoms. The number of ether oxygens (including phenoxy) is 1. The van der Waals surface area contributed by atoms with Gasteiger partial charge in [-0.3, -0.25) is 19.2 Å². The molecule has 5 atom stereocenters. The Morgan fingerprint density at radius 2 is 2.00 bits per heavy atom. The molecule has 0 spiro atoms. The molecule has 5 unspecified atom stereocenters. The summed E-state index contributed by atoms with van der Waals surface area (Å²) >= 11 is 0. The molecular weight excluding hydrogens is 391 g/mol. The van der Waals surface area contributed by atoms with Crippen LogP contribution >= 0.6 is 0 Å². The summed E-state index contributed by atoms with van der Waals surface area (Å²) in [6.45, 7) is 0.286. The van der Waals surface area contributed by atoms with Gasteiger partial charge in [0.15, 0.2) is 0 Å². The van der Waals surface area contributed by atoms with Crippen molar-refractivity contribution in [3.05, 3.63) is 31.4 Å². The van der Waals surface area contributed by atoms with Gasteiger partial charge in [-0.15, -0.1) is 0 Å². The zero-order valence-electron chi connectivity index (χ0n) is 15.8. The number of aliphatic hydroxyl groups is 1. The fourth-order valence-corrected chi connectivity index (χ4v) is 5.29. The Morgan fingerprint density at radius 3 is 2.62 bits per heavy atom. The van der Waals surface area contributed by atoms with E-state index in [0.29, 0.717) is 0 Å². The predicted molar refractivity (Wildman–Crippen MR) is 96.5 cm³/mol. The summed E-state index contributed by atoms with van der Waals surface area (Å²) in [5.74, 6) is -4.07. The number of nitrogens with zero attached hydrogens (tertiary/aromatic N) is 2. The van der Waals surface area contributed by atoms with E-state index in [0.717, 1.165) is 12.8 Å². The summed E-state index contributed by atoms with van der Waals surface area (Å²) in [6.07, 6.45) is -1.08. The van der Waals surface area contributed by atoms with E-state index in [1.54, 1.807) is 4.90 Å². The third kappa shape index (κ3) is 2.72. The Morgan fingerprint density at radius 1 is 1.28 bits per heavy atom. The van der Waals surface area contributed by atoms with Crippen molar-refractivity contribution in [2.75, 3.05) is 20.2 Å². The van der Waals surface area contributed by atoms with Gasteiger partial charge < -0.3 is 9.84 Å². The van der Waals surface area contributed by atoms with Crippen molar-refractivity contribution in [3.63, 3.8) is 0 Å². The molecule has 1 saturated heterocycles. The molecule has 7 nitrogen and oxygen atoms in total. The highest BCUT2D eigenvalue weighted by atomic mass is 19.3. The largest absolute Gasteiger partial charge is 0.497 e. The fraction of sp³-hybridized carbons (Fsp3) is 0.684. The van der Waals surface area contributed by atoms with E-state index < -0.39 is 53.7 Å². The zero-order chi connectivity index (χ0) is 20.7. The van der Waals surface area contributed by atoms with Crippen molar-refractivity contribution >= 4 is 11.8 Å². The molecular formula is C19H22F3N3O4. The van der Waals surface area contributed by atoms with Gasteiger partial charge in [0.25, 0.3) is 11.5 Å². The lowest BCUT2D eigenvalue weighted by atomic mass is 9.99. The summed E-state index contributed by atoms with van der Waals surface area (Å²) in [7, 11) is 1.35. The lowest BCUT2D eigenvalue weighted by Gasteiger charge is -2.33. The summed E-state index contributed by atoms with van der Waals surface area (Å²) < 4.78 is 49.8. The highest BCUT2D eigenvalue weighted by molar-refractivity contribution is 5.53. The maximum atomic E-state index is 15.2. The summed E-state index contributed by atoms with van der Waals surface area (Å²) in [4.78, 5) is 28.7. The van der Waals surface area contributed by atoms with Gasteiger partial charge in [-0.2, -0.15) is 0 Å². The minimum absolute atomic E-state index is 0.0584. The van der Waals surface area contributed by atoms with Crippen LogP contribution in [0.4, 0.5) is 13.2 Å². The van der Waals surface area contributed by atoms with E-state index in [4.69, 9.17) is 4.74 Å². The Bertz CT molecular complexity index is 1090. The highest BCUT2D eigenvalue weighted by Crippen LogP contribution is 2.48. The molecule has 2 heterocycles. The van der Waals surface area contributed by atoms with E-state index in [9.17, 15) is 23.5 Å². The van der Waals surface area contributed by atoms with Crippen molar-refractivity contribution in [2.45, 2.75) is 49.5 Å². The van der Waals surface area contributed by atoms with Crippen LogP contribution in [0.25, 0.3) is 11.8 Å². The maximum absolute atomic E-state index is 15.2. The summed E-state index contributed by atoms with van der Waals surface area (Å²) in [5.41, 5.74) is -1.24. The number of aromatic nitrogens is 2. The van der Waals surface area contributed by atoms with Gasteiger partial charge in [-0.1, -0.05) is 0 Å². The number of fused-ring (bicyclic) bond motifs is 2. The molecule has 1 aromatic heterocycles. The molecule has 0 radical (unpaired) electrons. The van der Waals surface area contributed by atoms with Crippen molar-refractivity contribution in [3.8, 4) is 0 Å². The lowest BCUT2D eigenvalue weighted by Crippen LogP contribution is -2.60. The highest BCUT2D eigenvalue weighted by Gasteiger charge is 2.59. The first kappa shape index (κ1) is 18.9. The van der Waals surface area contributed by atoms with E-state index in [2.05, 4.69) is 4.98 Å². The van der Waals surface area contributed by atoms with Gasteiger partial charge in [0.2, 0.25) is 0 Å². The zero-order valence-corrected chi connectivity index (χ0v) is 15.8. The third-order valence-electron chi connectivity index (χ3n) is 6.73. The molecule has 0 aromatic carbocycles. The van der Waals surface area contributed by atoms with Crippen LogP contribution in [0.1, 0.15) is 25.3 Å². The second-order valence-electron chi connectivity index (χ2n) is 8.53. The van der Waals surface area contributed by atoms with Crippen LogP contribution in [-0.4, -0.2) is 64.0 Å². The monoisotopic (exact) mass is 413 g/mol. The lowest BCUT2D eigenvalue weighted by molar-refractivity contribution is -0.101. The van der Waals surface area contributed by atoms with Crippen molar-refractivity contribution < 1.29 is 23.0 Å². The van der Waals surface area contributed by atoms with Crippen LogP contribution in [0.15, 0.2) is 9.59 Å². The quantitative estimate of drug-likeness (QED) is 0.669. The van der Waals surface area contributed by atoms with E-state index >= 15 is 4.39 Å². The average molecular weight is 413 g/mol. The first-order valence-electron chi connectivity index (χ1n) is 9.82. The van der Waals surface area contributed by atoms with Gasteiger partial charge in [0.1, 0.15) is 24.1 Å². The smallest absolute Gasteiger partial charge is 0.329 e. The normalized spacial score (nSPS) is 35.9. The first-order chi connectivity index (χ1) is 13.7. The molecule has 3 fully saturated rings. The maximum Gasteiger partial charge on any atom is 0.329 e. The summed E-state index contributed by atoms with van der Waals surface area (Å²) in [6, 6.07) is -1.02. The molecule has 4 aliphatic rings. The molecule has 10 heteroatoms. The molecule has 5 rings (SSSR count). The molecule has 1 aromatic rings. The van der Waals surface area contributed by atoms with Crippen LogP contribution in [0.3, 0.4) is 0 Å². The minimum atomic E-state index is -3.13. The minimum Gasteiger partial charge on any atom is -0.497 e. The second-order valence-corrected chi connectivity index (χ2v) is 8.53. The van der Waals surface area contributed by atoms with Crippen molar-refractivity contribution in [1.29, 1.82) is 0 Å². The van der Waals surface area contributed by atoms with Crippen molar-refractivity contribution in [1.82, 2.24) is 14.5 Å². The molecule has 1 aliphatic heterocycles. The SMILES string of the molecule is COC1=c2c(c(=O)[nH]c(=O)n2C2CC2)=CC(F)C1N1CC2CC(F)(F)C(O)C2C1. The molecule has 3 aliphatic carbocycles. The number of aliphatic hydroxyl groups excluding tert-OH is 1. The first-order valence-corrected chi connectivity index (χ1v) is 9.82. The summed E-state index contributed by atoms with van der Waals surface area (Å²) in [5, 5.41) is 10.3. The number of methoxy groups -OCH3 is 1. The number of hydrogen-bond donors (Lipinski definition) is 2. The Labute approximate surface area is 163 Å². The Hall–Kier alpha value is -2.07. The van der Waals surface area contributed by atoms with Crippen LogP contribution in [0.2, 0.25) is 0 Å². The Balaban J connectivity index is 1.63. The molecule has 29 heavy (non-hydrogen) atoms. The van der Waals surface area contributed by atoms with E-state index in [1.807, 2.05) is 0 Å². The van der Waals surface area contributed by atoms with Gasteiger partial charge in [0, 0.05) is 31.5 Å². The fourth-order valence-electron chi connectivity index (χ4n) is 5.29. The number of halogens is 3. The number of likely N-dealkylation sites (tertiary alicyclic amines) is 1. The van der Waals surface area contributed by atoms with Gasteiger partial charge in [0.05, 0.1) is 17.7 Å². The van der Waals surface area contributed by atoms with E-state index in [1.165, 1.54) is 17.8 Å². The molecule has 0 amide bonds. The number of alkyl halides is 3. The Kier molecular flexibility index (Phi) is 4.05. The number of H-pyrrole nitrogens is 1. The van der Waals surface area contributed by atoms with Crippen LogP contribution in [0, 0.1) is 11.8 Å².